The molecule has 0 fully saturated rings. The van der Waals surface area contributed by atoms with Crippen molar-refractivity contribution in [2.45, 2.75) is 25.7 Å². The Morgan fingerprint density at radius 1 is 1.20 bits per heavy atom. The van der Waals surface area contributed by atoms with Crippen molar-refractivity contribution in [2.24, 2.45) is 0 Å². The van der Waals surface area contributed by atoms with Crippen LogP contribution in [0.1, 0.15) is 24.1 Å². The van der Waals surface area contributed by atoms with E-state index in [0.29, 0.717) is 11.6 Å². The number of nitrogens with one attached hydrogen (secondary N) is 1. The number of rotatable bonds is 1. The molecule has 0 spiro atoms. The Bertz CT molecular complexity index is 834. The fourth-order valence-corrected chi connectivity index (χ4v) is 2.68. The lowest BCUT2D eigenvalue weighted by atomic mass is 9.97. The molecule has 1 aliphatic rings. The Balaban J connectivity index is 1.96. The van der Waals surface area contributed by atoms with Gasteiger partial charge in [-0.15, -0.1) is 0 Å². The quantitative estimate of drug-likeness (QED) is 0.722. The zero-order chi connectivity index (χ0) is 13.5. The second-order valence-electron chi connectivity index (χ2n) is 5.00. The summed E-state index contributed by atoms with van der Waals surface area (Å²) < 4.78 is 1.44. The van der Waals surface area contributed by atoms with Gasteiger partial charge >= 0.3 is 0 Å². The van der Waals surface area contributed by atoms with Crippen LogP contribution in [0.5, 0.6) is 0 Å². The molecule has 0 unspecified atom stereocenters. The molecule has 3 aromatic rings. The van der Waals surface area contributed by atoms with Gasteiger partial charge in [-0.05, 0) is 37.8 Å². The number of H-pyrrole nitrogens is 1. The van der Waals surface area contributed by atoms with Gasteiger partial charge in [0.05, 0.1) is 5.69 Å². The normalized spacial score (nSPS) is 14.4. The van der Waals surface area contributed by atoms with E-state index in [2.05, 4.69) is 20.1 Å². The van der Waals surface area contributed by atoms with Gasteiger partial charge in [0.1, 0.15) is 0 Å². The van der Waals surface area contributed by atoms with E-state index in [-0.39, 0.29) is 5.56 Å². The summed E-state index contributed by atoms with van der Waals surface area (Å²) in [5.74, 6) is 1.06. The summed E-state index contributed by atoms with van der Waals surface area (Å²) in [4.78, 5) is 25.4. The predicted octanol–water partition coefficient (Wildman–Crippen LogP) is 1.36. The number of aryl methyl sites for hydroxylation is 1. The van der Waals surface area contributed by atoms with E-state index in [1.807, 2.05) is 12.1 Å². The first-order valence-corrected chi connectivity index (χ1v) is 6.74. The van der Waals surface area contributed by atoms with Crippen molar-refractivity contribution in [1.29, 1.82) is 0 Å². The van der Waals surface area contributed by atoms with Crippen LogP contribution >= 0.6 is 0 Å². The molecule has 4 rings (SSSR count). The molecular formula is C14H13N5O. The van der Waals surface area contributed by atoms with Crippen LogP contribution in [-0.4, -0.2) is 24.6 Å². The lowest BCUT2D eigenvalue weighted by Crippen LogP contribution is -2.25. The zero-order valence-electron chi connectivity index (χ0n) is 10.8. The van der Waals surface area contributed by atoms with Crippen LogP contribution in [0.25, 0.3) is 17.2 Å². The minimum absolute atomic E-state index is 0.0210. The molecule has 100 valence electrons. The van der Waals surface area contributed by atoms with Crippen molar-refractivity contribution in [1.82, 2.24) is 24.6 Å². The summed E-state index contributed by atoms with van der Waals surface area (Å²) >= 11 is 0. The third-order valence-electron chi connectivity index (χ3n) is 3.70. The van der Waals surface area contributed by atoms with Crippen LogP contribution in [-0.2, 0) is 12.8 Å². The maximum absolute atomic E-state index is 12.5. The lowest BCUT2D eigenvalue weighted by Gasteiger charge is -2.12. The zero-order valence-corrected chi connectivity index (χ0v) is 10.8. The predicted molar refractivity (Wildman–Crippen MR) is 73.5 cm³/mol. The van der Waals surface area contributed by atoms with E-state index in [1.54, 1.807) is 12.4 Å². The second-order valence-corrected chi connectivity index (χ2v) is 5.00. The molecule has 3 heterocycles. The molecule has 0 aromatic carbocycles. The molecule has 6 heteroatoms. The van der Waals surface area contributed by atoms with Gasteiger partial charge in [-0.3, -0.25) is 14.9 Å². The fourth-order valence-electron chi connectivity index (χ4n) is 2.68. The highest BCUT2D eigenvalue weighted by molar-refractivity contribution is 5.55. The number of aromatic amines is 1. The molecule has 0 saturated carbocycles. The third kappa shape index (κ3) is 1.65. The van der Waals surface area contributed by atoms with Gasteiger partial charge in [-0.1, -0.05) is 0 Å². The van der Waals surface area contributed by atoms with Gasteiger partial charge in [0.2, 0.25) is 0 Å². The maximum Gasteiger partial charge on any atom is 0.277 e. The summed E-state index contributed by atoms with van der Waals surface area (Å²) in [6.45, 7) is 0. The van der Waals surface area contributed by atoms with E-state index in [0.717, 1.165) is 42.5 Å². The topological polar surface area (TPSA) is 75.9 Å². The summed E-state index contributed by atoms with van der Waals surface area (Å²) in [5.41, 5.74) is 2.56. The first-order chi connectivity index (χ1) is 9.83. The molecule has 0 aliphatic heterocycles. The smallest absolute Gasteiger partial charge is 0.271 e. The SMILES string of the molecule is O=c1c2c(nc3nc(-c4cccnc4)[nH]n13)CCCC2. The number of aromatic nitrogens is 5. The first kappa shape index (κ1) is 11.3. The minimum Gasteiger partial charge on any atom is -0.271 e. The van der Waals surface area contributed by atoms with Crippen LogP contribution in [0.15, 0.2) is 29.3 Å². The van der Waals surface area contributed by atoms with Crippen LogP contribution in [0.2, 0.25) is 0 Å². The van der Waals surface area contributed by atoms with Crippen molar-refractivity contribution in [3.8, 4) is 11.4 Å². The average molecular weight is 267 g/mol. The van der Waals surface area contributed by atoms with Crippen molar-refractivity contribution in [3.63, 3.8) is 0 Å². The van der Waals surface area contributed by atoms with E-state index in [9.17, 15) is 4.79 Å². The van der Waals surface area contributed by atoms with Gasteiger partial charge in [0.25, 0.3) is 11.3 Å². The second kappa shape index (κ2) is 4.26. The number of pyridine rings is 1. The molecule has 3 aromatic heterocycles. The van der Waals surface area contributed by atoms with Crippen molar-refractivity contribution in [2.75, 3.05) is 0 Å². The Morgan fingerprint density at radius 3 is 2.95 bits per heavy atom. The summed E-state index contributed by atoms with van der Waals surface area (Å²) in [6.07, 6.45) is 7.24. The maximum atomic E-state index is 12.5. The molecule has 20 heavy (non-hydrogen) atoms. The Labute approximate surface area is 114 Å². The number of hydrogen-bond acceptors (Lipinski definition) is 4. The minimum atomic E-state index is -0.0210. The van der Waals surface area contributed by atoms with Gasteiger partial charge in [-0.25, -0.2) is 4.98 Å². The highest BCUT2D eigenvalue weighted by Crippen LogP contribution is 2.18. The average Bonchev–Trinajstić information content (AvgIpc) is 2.93. The van der Waals surface area contributed by atoms with Gasteiger partial charge < -0.3 is 0 Å². The molecule has 0 atom stereocenters. The van der Waals surface area contributed by atoms with Crippen molar-refractivity contribution < 1.29 is 0 Å². The molecule has 1 N–H and O–H groups in total. The largest absolute Gasteiger partial charge is 0.277 e. The highest BCUT2D eigenvalue weighted by atomic mass is 16.1. The Morgan fingerprint density at radius 2 is 2.10 bits per heavy atom. The molecule has 0 amide bonds. The van der Waals surface area contributed by atoms with E-state index < -0.39 is 0 Å². The first-order valence-electron chi connectivity index (χ1n) is 6.74. The molecule has 0 bridgehead atoms. The highest BCUT2D eigenvalue weighted by Gasteiger charge is 2.18. The standard InChI is InChI=1S/C14H13N5O/c20-13-10-5-1-2-6-11(10)16-14-17-12(18-19(13)14)9-4-3-7-15-8-9/h3-4,7-8H,1-2,5-6H2,(H,16,17,18). The molecular weight excluding hydrogens is 254 g/mol. The van der Waals surface area contributed by atoms with Gasteiger partial charge in [0, 0.05) is 23.5 Å². The van der Waals surface area contributed by atoms with Crippen LogP contribution in [0.4, 0.5) is 0 Å². The van der Waals surface area contributed by atoms with Crippen molar-refractivity contribution >= 4 is 5.78 Å². The molecule has 0 radical (unpaired) electrons. The Hall–Kier alpha value is -2.50. The van der Waals surface area contributed by atoms with Crippen molar-refractivity contribution in [3.05, 3.63) is 46.1 Å². The lowest BCUT2D eigenvalue weighted by molar-refractivity contribution is 0.650. The van der Waals surface area contributed by atoms with E-state index >= 15 is 0 Å². The molecule has 0 saturated heterocycles. The van der Waals surface area contributed by atoms with Crippen LogP contribution in [0, 0.1) is 0 Å². The number of hydrogen-bond donors (Lipinski definition) is 1. The summed E-state index contributed by atoms with van der Waals surface area (Å²) in [7, 11) is 0. The number of fused-ring (bicyclic) bond motifs is 2. The molecule has 6 nitrogen and oxygen atoms in total. The summed E-state index contributed by atoms with van der Waals surface area (Å²) in [5, 5.41) is 3.02. The third-order valence-corrected chi connectivity index (χ3v) is 3.70. The summed E-state index contributed by atoms with van der Waals surface area (Å²) in [6, 6.07) is 3.74. The van der Waals surface area contributed by atoms with E-state index in [4.69, 9.17) is 0 Å². The van der Waals surface area contributed by atoms with Crippen LogP contribution < -0.4 is 5.56 Å². The molecule has 1 aliphatic carbocycles. The van der Waals surface area contributed by atoms with E-state index in [1.165, 1.54) is 4.52 Å². The number of nitrogens with zero attached hydrogens (tertiary/aromatic N) is 4. The van der Waals surface area contributed by atoms with Gasteiger partial charge in [-0.2, -0.15) is 9.50 Å². The Kier molecular flexibility index (Phi) is 2.42. The van der Waals surface area contributed by atoms with Crippen LogP contribution in [0.3, 0.4) is 0 Å². The monoisotopic (exact) mass is 267 g/mol. The fraction of sp³-hybridized carbons (Fsp3) is 0.286. The van der Waals surface area contributed by atoms with Gasteiger partial charge in [0.15, 0.2) is 5.82 Å².